The van der Waals surface area contributed by atoms with Crippen molar-refractivity contribution < 1.29 is 4.92 Å². The van der Waals surface area contributed by atoms with Crippen LogP contribution in [0.1, 0.15) is 11.1 Å². The van der Waals surface area contributed by atoms with Gasteiger partial charge in [0.2, 0.25) is 0 Å². The first-order valence-electron chi connectivity index (χ1n) is 5.89. The maximum Gasteiger partial charge on any atom is 0.269 e. The Morgan fingerprint density at radius 2 is 2.05 bits per heavy atom. The Balaban J connectivity index is 2.18. The number of non-ortho nitro benzene ring substituents is 1. The van der Waals surface area contributed by atoms with Crippen LogP contribution < -0.4 is 5.32 Å². The normalized spacial score (nSPS) is 10.3. The molecule has 0 aromatic heterocycles. The summed E-state index contributed by atoms with van der Waals surface area (Å²) < 4.78 is 0.977. The fourth-order valence-corrected chi connectivity index (χ4v) is 2.64. The molecule has 20 heavy (non-hydrogen) atoms. The highest BCUT2D eigenvalue weighted by molar-refractivity contribution is 9.10. The smallest absolute Gasteiger partial charge is 0.269 e. The average Bonchev–Trinajstić information content (AvgIpc) is 2.36. The van der Waals surface area contributed by atoms with Crippen LogP contribution in [0.25, 0.3) is 0 Å². The lowest BCUT2D eigenvalue weighted by molar-refractivity contribution is -0.384. The Bertz CT molecular complexity index is 641. The average molecular weight is 356 g/mol. The molecule has 2 rings (SSSR count). The lowest BCUT2D eigenvalue weighted by Crippen LogP contribution is -2.01. The number of nitro benzene ring substituents is 1. The van der Waals surface area contributed by atoms with Crippen molar-refractivity contribution >= 4 is 38.9 Å². The summed E-state index contributed by atoms with van der Waals surface area (Å²) in [6, 6.07) is 10.4. The van der Waals surface area contributed by atoms with Gasteiger partial charge >= 0.3 is 0 Å². The largest absolute Gasteiger partial charge is 0.381 e. The van der Waals surface area contributed by atoms with E-state index >= 15 is 0 Å². The Labute approximate surface area is 130 Å². The molecule has 0 atom stereocenters. The molecule has 0 bridgehead atoms. The van der Waals surface area contributed by atoms with Gasteiger partial charge in [-0.25, -0.2) is 0 Å². The van der Waals surface area contributed by atoms with Gasteiger partial charge in [-0.05, 0) is 42.3 Å². The van der Waals surface area contributed by atoms with Crippen molar-refractivity contribution in [3.05, 3.63) is 67.1 Å². The molecule has 104 valence electrons. The monoisotopic (exact) mass is 354 g/mol. The van der Waals surface area contributed by atoms with Crippen LogP contribution in [-0.2, 0) is 6.54 Å². The number of nitrogens with one attached hydrogen (secondary N) is 1. The second-order valence-corrected chi connectivity index (χ2v) is 5.73. The van der Waals surface area contributed by atoms with Gasteiger partial charge in [0.15, 0.2) is 0 Å². The second-order valence-electron chi connectivity index (χ2n) is 4.40. The quantitative estimate of drug-likeness (QED) is 0.625. The standard InChI is InChI=1S/C14H12BrClN2O2/c1-9-4-11(15)7-12(5-9)17-8-10-6-13(18(19)20)2-3-14(10)16/h2-7,17H,8H2,1H3. The molecule has 0 aliphatic heterocycles. The van der Waals surface area contributed by atoms with Crippen LogP contribution in [0.15, 0.2) is 40.9 Å². The fraction of sp³-hybridized carbons (Fsp3) is 0.143. The summed E-state index contributed by atoms with van der Waals surface area (Å²) in [5, 5.41) is 14.5. The number of halogens is 2. The summed E-state index contributed by atoms with van der Waals surface area (Å²) in [7, 11) is 0. The van der Waals surface area contributed by atoms with E-state index in [0.29, 0.717) is 17.1 Å². The Hall–Kier alpha value is -1.59. The van der Waals surface area contributed by atoms with Gasteiger partial charge in [0.05, 0.1) is 4.92 Å². The van der Waals surface area contributed by atoms with E-state index in [0.717, 1.165) is 15.7 Å². The van der Waals surface area contributed by atoms with Crippen LogP contribution >= 0.6 is 27.5 Å². The van der Waals surface area contributed by atoms with Crippen molar-refractivity contribution in [3.8, 4) is 0 Å². The predicted octanol–water partition coefficient (Wildman–Crippen LogP) is 4.93. The van der Waals surface area contributed by atoms with Crippen LogP contribution in [0.5, 0.6) is 0 Å². The minimum Gasteiger partial charge on any atom is -0.381 e. The number of nitro groups is 1. The molecule has 0 spiro atoms. The van der Waals surface area contributed by atoms with Crippen molar-refractivity contribution in [2.24, 2.45) is 0 Å². The molecule has 0 radical (unpaired) electrons. The summed E-state index contributed by atoms with van der Waals surface area (Å²) in [6.07, 6.45) is 0. The highest BCUT2D eigenvalue weighted by Crippen LogP contribution is 2.24. The molecule has 0 aliphatic carbocycles. The van der Waals surface area contributed by atoms with Gasteiger partial charge in [-0.1, -0.05) is 27.5 Å². The van der Waals surface area contributed by atoms with Crippen molar-refractivity contribution in [3.63, 3.8) is 0 Å². The van der Waals surface area contributed by atoms with Crippen molar-refractivity contribution in [1.29, 1.82) is 0 Å². The van der Waals surface area contributed by atoms with Gasteiger partial charge in [-0.3, -0.25) is 10.1 Å². The Morgan fingerprint density at radius 1 is 1.30 bits per heavy atom. The van der Waals surface area contributed by atoms with E-state index in [4.69, 9.17) is 11.6 Å². The van der Waals surface area contributed by atoms with Crippen LogP contribution in [0.3, 0.4) is 0 Å². The van der Waals surface area contributed by atoms with E-state index in [1.54, 1.807) is 6.07 Å². The Kier molecular flexibility index (Phi) is 4.62. The maximum atomic E-state index is 10.8. The minimum absolute atomic E-state index is 0.0385. The Morgan fingerprint density at radius 3 is 2.70 bits per heavy atom. The highest BCUT2D eigenvalue weighted by atomic mass is 79.9. The van der Waals surface area contributed by atoms with Gasteiger partial charge in [0.25, 0.3) is 5.69 Å². The number of anilines is 1. The lowest BCUT2D eigenvalue weighted by Gasteiger charge is -2.09. The summed E-state index contributed by atoms with van der Waals surface area (Å²) in [4.78, 5) is 10.3. The summed E-state index contributed by atoms with van der Waals surface area (Å²) in [5.41, 5.74) is 2.78. The third kappa shape index (κ3) is 3.71. The first-order valence-corrected chi connectivity index (χ1v) is 7.06. The molecule has 4 nitrogen and oxygen atoms in total. The van der Waals surface area contributed by atoms with Crippen LogP contribution in [0.4, 0.5) is 11.4 Å². The predicted molar refractivity (Wildman–Crippen MR) is 84.3 cm³/mol. The van der Waals surface area contributed by atoms with E-state index in [1.165, 1.54) is 12.1 Å². The zero-order valence-corrected chi connectivity index (χ0v) is 13.0. The zero-order valence-electron chi connectivity index (χ0n) is 10.7. The third-order valence-electron chi connectivity index (χ3n) is 2.77. The third-order valence-corrected chi connectivity index (χ3v) is 3.59. The SMILES string of the molecule is Cc1cc(Br)cc(NCc2cc([N+](=O)[O-])ccc2Cl)c1. The molecular formula is C14H12BrClN2O2. The van der Waals surface area contributed by atoms with E-state index in [9.17, 15) is 10.1 Å². The molecule has 0 unspecified atom stereocenters. The van der Waals surface area contributed by atoms with Gasteiger partial charge in [0.1, 0.15) is 0 Å². The number of nitrogens with zero attached hydrogens (tertiary/aromatic N) is 1. The number of benzene rings is 2. The number of hydrogen-bond acceptors (Lipinski definition) is 3. The molecule has 0 fully saturated rings. The van der Waals surface area contributed by atoms with Crippen LogP contribution in [0, 0.1) is 17.0 Å². The van der Waals surface area contributed by atoms with Crippen LogP contribution in [0.2, 0.25) is 5.02 Å². The van der Waals surface area contributed by atoms with E-state index in [1.807, 2.05) is 25.1 Å². The highest BCUT2D eigenvalue weighted by Gasteiger charge is 2.09. The molecular weight excluding hydrogens is 344 g/mol. The van der Waals surface area contributed by atoms with Crippen molar-refractivity contribution in [2.75, 3.05) is 5.32 Å². The zero-order chi connectivity index (χ0) is 14.7. The number of rotatable bonds is 4. The molecule has 1 N–H and O–H groups in total. The summed E-state index contributed by atoms with van der Waals surface area (Å²) in [5.74, 6) is 0. The molecule has 0 saturated heterocycles. The fourth-order valence-electron chi connectivity index (χ4n) is 1.85. The number of hydrogen-bond donors (Lipinski definition) is 1. The lowest BCUT2D eigenvalue weighted by atomic mass is 10.2. The van der Waals surface area contributed by atoms with Gasteiger partial charge in [-0.2, -0.15) is 0 Å². The summed E-state index contributed by atoms with van der Waals surface area (Å²) in [6.45, 7) is 2.42. The first-order chi connectivity index (χ1) is 9.45. The van der Waals surface area contributed by atoms with Gasteiger partial charge < -0.3 is 5.32 Å². The number of aryl methyl sites for hydroxylation is 1. The van der Waals surface area contributed by atoms with Crippen LogP contribution in [-0.4, -0.2) is 4.92 Å². The molecule has 6 heteroatoms. The molecule has 0 heterocycles. The van der Waals surface area contributed by atoms with Gasteiger partial charge in [-0.15, -0.1) is 0 Å². The van der Waals surface area contributed by atoms with E-state index in [2.05, 4.69) is 21.2 Å². The first kappa shape index (κ1) is 14.8. The molecule has 2 aromatic rings. The van der Waals surface area contributed by atoms with E-state index < -0.39 is 4.92 Å². The topological polar surface area (TPSA) is 55.2 Å². The van der Waals surface area contributed by atoms with Crippen molar-refractivity contribution in [2.45, 2.75) is 13.5 Å². The van der Waals surface area contributed by atoms with Gasteiger partial charge in [0, 0.05) is 33.9 Å². The molecule has 0 saturated carbocycles. The minimum atomic E-state index is -0.427. The summed E-state index contributed by atoms with van der Waals surface area (Å²) >= 11 is 9.49. The van der Waals surface area contributed by atoms with Crippen molar-refractivity contribution in [1.82, 2.24) is 0 Å². The second kappa shape index (κ2) is 6.24. The molecule has 2 aromatic carbocycles. The molecule has 0 aliphatic rings. The van der Waals surface area contributed by atoms with E-state index in [-0.39, 0.29) is 5.69 Å². The molecule has 0 amide bonds. The maximum absolute atomic E-state index is 10.8.